The first-order valence-electron chi connectivity index (χ1n) is 8.87. The van der Waals surface area contributed by atoms with E-state index in [1.807, 2.05) is 24.3 Å². The molecule has 31 heavy (non-hydrogen) atoms. The molecule has 1 heterocycles. The Morgan fingerprint density at radius 3 is 1.45 bits per heavy atom. The third-order valence-electron chi connectivity index (χ3n) is 4.15. The highest BCUT2D eigenvalue weighted by molar-refractivity contribution is 7.18. The molecular formula is C23H15Cl3O4S. The molecule has 158 valence electrons. The van der Waals surface area contributed by atoms with Crippen LogP contribution in [0.1, 0.15) is 0 Å². The first kappa shape index (κ1) is 23.6. The molecular weight excluding hydrogens is 479 g/mol. The number of rotatable bonds is 3. The highest BCUT2D eigenvalue weighted by Crippen LogP contribution is 2.39. The lowest BCUT2D eigenvalue weighted by Gasteiger charge is -2.17. The van der Waals surface area contributed by atoms with Gasteiger partial charge in [0, 0.05) is 38.9 Å². The van der Waals surface area contributed by atoms with Crippen molar-refractivity contribution in [3.05, 3.63) is 101 Å². The molecule has 4 aromatic rings. The van der Waals surface area contributed by atoms with E-state index in [1.54, 1.807) is 17.4 Å². The number of benzene rings is 3. The molecule has 0 saturated heterocycles. The average Bonchev–Trinajstić information content (AvgIpc) is 2.73. The molecule has 4 nitrogen and oxygen atoms in total. The molecule has 0 N–H and O–H groups in total. The van der Waals surface area contributed by atoms with E-state index >= 15 is 0 Å². The quantitative estimate of drug-likeness (QED) is 0.408. The Bertz CT molecular complexity index is 1090. The van der Waals surface area contributed by atoms with Crippen LogP contribution in [0.5, 0.6) is 0 Å². The highest BCUT2D eigenvalue weighted by atomic mass is 35.7. The van der Waals surface area contributed by atoms with Crippen LogP contribution in [0.2, 0.25) is 10.0 Å². The van der Waals surface area contributed by atoms with Crippen molar-refractivity contribution in [1.82, 2.24) is 0 Å². The van der Waals surface area contributed by atoms with Crippen LogP contribution in [-0.4, -0.2) is 0 Å². The lowest BCUT2D eigenvalue weighted by atomic mass is 10.0. The second kappa shape index (κ2) is 10.5. The van der Waals surface area contributed by atoms with Gasteiger partial charge in [0.1, 0.15) is 0 Å². The number of hydrogen-bond donors (Lipinski definition) is 0. The van der Waals surface area contributed by atoms with E-state index in [0.717, 1.165) is 11.1 Å². The van der Waals surface area contributed by atoms with Crippen LogP contribution < -0.4 is 18.6 Å². The van der Waals surface area contributed by atoms with Gasteiger partial charge in [-0.2, -0.15) is 0 Å². The van der Waals surface area contributed by atoms with Gasteiger partial charge in [0.2, 0.25) is 21.1 Å². The number of hydrogen-bond acceptors (Lipinski definition) is 4. The third kappa shape index (κ3) is 7.25. The van der Waals surface area contributed by atoms with Gasteiger partial charge in [-0.1, -0.05) is 65.7 Å². The zero-order valence-corrected chi connectivity index (χ0v) is 18.9. The number of halogens is 3. The molecule has 0 atom stereocenters. The summed E-state index contributed by atoms with van der Waals surface area (Å²) in [7, 11) is -4.94. The van der Waals surface area contributed by atoms with Gasteiger partial charge in [0.25, 0.3) is 0 Å². The standard InChI is InChI=1S/C23H15Cl2S.ClHO4/c24-19-11-12-20(21(25)15-19)18-13-22(16-7-3-1-4-8-16)26-23(14-18)17-9-5-2-6-10-17;2-1(3,4)5/h1-15H;(H,2,3,4,5)/q+1;/p-1. The van der Waals surface area contributed by atoms with Gasteiger partial charge in [-0.25, -0.2) is 18.6 Å². The van der Waals surface area contributed by atoms with E-state index in [2.05, 4.69) is 60.7 Å². The van der Waals surface area contributed by atoms with Crippen LogP contribution in [0.15, 0.2) is 91.0 Å². The van der Waals surface area contributed by atoms with E-state index in [-0.39, 0.29) is 0 Å². The SMILES string of the molecule is Clc1ccc(-c2cc(-c3ccccc3)[s+]c(-c3ccccc3)c2)c(Cl)c1.[O-][Cl+3]([O-])([O-])[O-]. The Morgan fingerprint density at radius 1 is 0.581 bits per heavy atom. The normalized spacial score (nSPS) is 10.9. The molecule has 0 radical (unpaired) electrons. The second-order valence-electron chi connectivity index (χ2n) is 6.31. The lowest BCUT2D eigenvalue weighted by Crippen LogP contribution is -2.68. The molecule has 0 bridgehead atoms. The summed E-state index contributed by atoms with van der Waals surface area (Å²) in [6.07, 6.45) is 0. The highest BCUT2D eigenvalue weighted by Gasteiger charge is 2.20. The maximum atomic E-state index is 8.49. The Balaban J connectivity index is 0.000000491. The summed E-state index contributed by atoms with van der Waals surface area (Å²) in [5.41, 5.74) is 4.46. The van der Waals surface area contributed by atoms with Crippen LogP contribution in [0, 0.1) is 10.2 Å². The van der Waals surface area contributed by atoms with Crippen molar-refractivity contribution in [3.8, 4) is 32.0 Å². The molecule has 0 saturated carbocycles. The van der Waals surface area contributed by atoms with Crippen molar-refractivity contribution in [3.63, 3.8) is 0 Å². The van der Waals surface area contributed by atoms with Gasteiger partial charge in [-0.15, -0.1) is 10.2 Å². The monoisotopic (exact) mass is 492 g/mol. The van der Waals surface area contributed by atoms with Gasteiger partial charge < -0.3 is 0 Å². The molecule has 8 heteroatoms. The summed E-state index contributed by atoms with van der Waals surface area (Å²) >= 11 is 14.3. The van der Waals surface area contributed by atoms with Crippen LogP contribution in [0.25, 0.3) is 32.0 Å². The largest absolute Gasteiger partial charge is 0.239 e. The molecule has 0 fully saturated rings. The average molecular weight is 494 g/mol. The summed E-state index contributed by atoms with van der Waals surface area (Å²) in [6.45, 7) is 0. The zero-order valence-electron chi connectivity index (χ0n) is 15.8. The Morgan fingerprint density at radius 2 is 1.03 bits per heavy atom. The molecule has 0 aliphatic heterocycles. The minimum Gasteiger partial charge on any atom is -0.222 e. The third-order valence-corrected chi connectivity index (χ3v) is 5.85. The summed E-state index contributed by atoms with van der Waals surface area (Å²) in [5, 5.41) is 1.30. The van der Waals surface area contributed by atoms with Gasteiger partial charge in [-0.3, -0.25) is 0 Å². The van der Waals surface area contributed by atoms with Crippen LogP contribution in [0.3, 0.4) is 0 Å². The van der Waals surface area contributed by atoms with E-state index in [1.165, 1.54) is 20.9 Å². The fraction of sp³-hybridized carbons (Fsp3) is 0. The van der Waals surface area contributed by atoms with Crippen molar-refractivity contribution >= 4 is 34.5 Å². The van der Waals surface area contributed by atoms with Crippen molar-refractivity contribution in [2.75, 3.05) is 0 Å². The van der Waals surface area contributed by atoms with Gasteiger partial charge >= 0.3 is 0 Å². The lowest BCUT2D eigenvalue weighted by molar-refractivity contribution is -2.00. The zero-order chi connectivity index (χ0) is 22.4. The van der Waals surface area contributed by atoms with E-state index in [9.17, 15) is 0 Å². The van der Waals surface area contributed by atoms with Gasteiger partial charge in [0.15, 0.2) is 0 Å². The fourth-order valence-corrected chi connectivity index (χ4v) is 4.50. The Hall–Kier alpha value is -2.06. The summed E-state index contributed by atoms with van der Waals surface area (Å²) in [5.74, 6) is 0. The maximum absolute atomic E-state index is 8.49. The molecule has 0 aliphatic rings. The predicted octanol–water partition coefficient (Wildman–Crippen LogP) is 3.58. The molecule has 0 spiro atoms. The topological polar surface area (TPSA) is 92.2 Å². The predicted molar refractivity (Wildman–Crippen MR) is 115 cm³/mol. The molecule has 0 amide bonds. The fourth-order valence-electron chi connectivity index (χ4n) is 2.87. The van der Waals surface area contributed by atoms with Gasteiger partial charge in [-0.05, 0) is 42.0 Å². The van der Waals surface area contributed by atoms with Crippen molar-refractivity contribution in [1.29, 1.82) is 0 Å². The summed E-state index contributed by atoms with van der Waals surface area (Å²) in [4.78, 5) is 2.40. The molecule has 0 aliphatic carbocycles. The molecule has 3 aromatic carbocycles. The van der Waals surface area contributed by atoms with Crippen LogP contribution in [0.4, 0.5) is 0 Å². The van der Waals surface area contributed by atoms with Crippen LogP contribution in [-0.2, 0) is 0 Å². The maximum Gasteiger partial charge on any atom is 0.239 e. The van der Waals surface area contributed by atoms with Crippen molar-refractivity contribution in [2.24, 2.45) is 0 Å². The molecule has 4 rings (SSSR count). The van der Waals surface area contributed by atoms with E-state index in [0.29, 0.717) is 10.0 Å². The van der Waals surface area contributed by atoms with E-state index < -0.39 is 10.2 Å². The van der Waals surface area contributed by atoms with Crippen molar-refractivity contribution in [2.45, 2.75) is 0 Å². The summed E-state index contributed by atoms with van der Waals surface area (Å²) in [6, 6.07) is 30.9. The minimum atomic E-state index is -4.94. The van der Waals surface area contributed by atoms with Crippen LogP contribution >= 0.6 is 34.5 Å². The van der Waals surface area contributed by atoms with Crippen molar-refractivity contribution < 1.29 is 28.9 Å². The van der Waals surface area contributed by atoms with E-state index in [4.69, 9.17) is 41.8 Å². The molecule has 1 aromatic heterocycles. The first-order valence-corrected chi connectivity index (χ1v) is 11.7. The second-order valence-corrected chi connectivity index (χ2v) is 8.99. The Kier molecular flexibility index (Phi) is 8.00. The minimum absolute atomic E-state index is 0.643. The smallest absolute Gasteiger partial charge is 0.222 e. The molecule has 0 unspecified atom stereocenters. The summed E-state index contributed by atoms with van der Waals surface area (Å²) < 4.78 is 34.0. The Labute approximate surface area is 196 Å². The van der Waals surface area contributed by atoms with Gasteiger partial charge in [0.05, 0.1) is 0 Å². The first-order chi connectivity index (χ1) is 14.7.